The molecule has 0 unspecified atom stereocenters. The Bertz CT molecular complexity index is 188. The number of hydrogen-bond donors (Lipinski definition) is 0. The molecule has 110 valence electrons. The summed E-state index contributed by atoms with van der Waals surface area (Å²) in [7, 11) is 0. The van der Waals surface area contributed by atoms with E-state index in [0.29, 0.717) is 0 Å². The maximum Gasteiger partial charge on any atom is 2.00 e. The minimum absolute atomic E-state index is 0. The van der Waals surface area contributed by atoms with Crippen molar-refractivity contribution in [3.8, 4) is 0 Å². The van der Waals surface area contributed by atoms with Crippen molar-refractivity contribution < 1.29 is 44.3 Å². The molecule has 0 aromatic carbocycles. The molecule has 2 rings (SSSR count). The monoisotopic (exact) mass is 388 g/mol. The smallest absolute Gasteiger partial charge is 1.00 e. The molecule has 0 heterocycles. The van der Waals surface area contributed by atoms with Crippen molar-refractivity contribution >= 4 is 0 Å². The van der Waals surface area contributed by atoms with E-state index in [1.165, 1.54) is 51.4 Å². The van der Waals surface area contributed by atoms with Crippen LogP contribution in [0.15, 0.2) is 48.6 Å². The molecular weight excluding hydrogens is 364 g/mol. The Balaban J connectivity index is -0.000000233. The summed E-state index contributed by atoms with van der Waals surface area (Å²) in [5.74, 6) is 0. The van der Waals surface area contributed by atoms with Crippen LogP contribution in [0.1, 0.15) is 51.4 Å². The molecule has 2 aliphatic rings. The quantitative estimate of drug-likeness (QED) is 0.382. The van der Waals surface area contributed by atoms with Gasteiger partial charge in [-0.15, -0.1) is 0 Å². The number of hydrogen-bond acceptors (Lipinski definition) is 0. The largest absolute Gasteiger partial charge is 2.00 e. The van der Waals surface area contributed by atoms with Crippen molar-refractivity contribution in [2.75, 3.05) is 0 Å². The summed E-state index contributed by atoms with van der Waals surface area (Å²) in [4.78, 5) is 0. The van der Waals surface area contributed by atoms with Crippen molar-refractivity contribution in [2.45, 2.75) is 51.4 Å². The third-order valence-electron chi connectivity index (χ3n) is 2.67. The van der Waals surface area contributed by atoms with Crippen LogP contribution in [0.4, 0.5) is 0 Å². The summed E-state index contributed by atoms with van der Waals surface area (Å²) in [6.07, 6.45) is 28.0. The Kier molecular flexibility index (Phi) is 26.1. The van der Waals surface area contributed by atoms with Gasteiger partial charge in [-0.05, 0) is 51.4 Å². The second-order valence-corrected chi connectivity index (χ2v) is 4.20. The molecule has 0 saturated carbocycles. The summed E-state index contributed by atoms with van der Waals surface area (Å²) in [5.41, 5.74) is 0. The Morgan fingerprint density at radius 3 is 0.526 bits per heavy atom. The SMILES string of the molecule is C1=CCC/C=C\CC1.C1=CCC/C=C\CC1.[Cl-].[Cl-].[Ru+2]. The van der Waals surface area contributed by atoms with E-state index in [-0.39, 0.29) is 44.3 Å². The predicted octanol–water partition coefficient (Wildman–Crippen LogP) is -0.649. The average Bonchev–Trinajstić information content (AvgIpc) is 2.15. The van der Waals surface area contributed by atoms with Crippen LogP contribution in [-0.2, 0) is 19.5 Å². The van der Waals surface area contributed by atoms with Gasteiger partial charge in [0, 0.05) is 0 Å². The van der Waals surface area contributed by atoms with Crippen molar-refractivity contribution in [1.29, 1.82) is 0 Å². The van der Waals surface area contributed by atoms with Gasteiger partial charge in [-0.2, -0.15) is 0 Å². The molecule has 0 N–H and O–H groups in total. The van der Waals surface area contributed by atoms with Crippen molar-refractivity contribution in [2.24, 2.45) is 0 Å². The van der Waals surface area contributed by atoms with Gasteiger partial charge in [0.15, 0.2) is 0 Å². The molecule has 0 atom stereocenters. The Hall–Kier alpha value is 0.163. The molecule has 0 saturated heterocycles. The van der Waals surface area contributed by atoms with E-state index in [1.54, 1.807) is 0 Å². The van der Waals surface area contributed by atoms with E-state index < -0.39 is 0 Å². The first-order chi connectivity index (χ1) is 8.00. The van der Waals surface area contributed by atoms with Crippen LogP contribution in [0, 0.1) is 0 Å². The third kappa shape index (κ3) is 18.2. The van der Waals surface area contributed by atoms with Crippen molar-refractivity contribution in [3.05, 3.63) is 48.6 Å². The van der Waals surface area contributed by atoms with Crippen LogP contribution >= 0.6 is 0 Å². The molecule has 0 aliphatic heterocycles. The molecular formula is C16H24Cl2Ru. The maximum absolute atomic E-state index is 2.27. The second-order valence-electron chi connectivity index (χ2n) is 4.20. The number of allylic oxidation sites excluding steroid dienone is 8. The fourth-order valence-corrected chi connectivity index (χ4v) is 1.71. The summed E-state index contributed by atoms with van der Waals surface area (Å²) in [5, 5.41) is 0. The normalized spacial score (nSPS) is 20.2. The summed E-state index contributed by atoms with van der Waals surface area (Å²) >= 11 is 0. The average molecular weight is 388 g/mol. The number of halogens is 2. The van der Waals surface area contributed by atoms with E-state index in [1.807, 2.05) is 0 Å². The molecule has 19 heavy (non-hydrogen) atoms. The van der Waals surface area contributed by atoms with Crippen LogP contribution < -0.4 is 24.8 Å². The Morgan fingerprint density at radius 2 is 0.421 bits per heavy atom. The van der Waals surface area contributed by atoms with E-state index >= 15 is 0 Å². The molecule has 0 amide bonds. The first kappa shape index (κ1) is 24.2. The molecule has 3 heteroatoms. The molecule has 0 aromatic rings. The fraction of sp³-hybridized carbons (Fsp3) is 0.500. The molecule has 0 radical (unpaired) electrons. The minimum Gasteiger partial charge on any atom is -1.00 e. The Morgan fingerprint density at radius 1 is 0.316 bits per heavy atom. The van der Waals surface area contributed by atoms with E-state index in [2.05, 4.69) is 48.6 Å². The maximum atomic E-state index is 2.27. The standard InChI is InChI=1S/2C8H12.2ClH.Ru/c2*1-2-4-6-8-7-5-3-1;;;/h2*1-2,7-8H,3-6H2;2*1H;/q;;;;+2/p-2/b2*2-1-,8-7?;;;. The van der Waals surface area contributed by atoms with Crippen LogP contribution in [-0.4, -0.2) is 0 Å². The van der Waals surface area contributed by atoms with E-state index in [9.17, 15) is 0 Å². The van der Waals surface area contributed by atoms with Crippen LogP contribution in [0.3, 0.4) is 0 Å². The molecule has 0 nitrogen and oxygen atoms in total. The Labute approximate surface area is 144 Å². The first-order valence-corrected chi connectivity index (χ1v) is 6.60. The summed E-state index contributed by atoms with van der Waals surface area (Å²) < 4.78 is 0. The van der Waals surface area contributed by atoms with Crippen molar-refractivity contribution in [3.63, 3.8) is 0 Å². The van der Waals surface area contributed by atoms with Gasteiger partial charge in [0.2, 0.25) is 0 Å². The molecule has 0 spiro atoms. The zero-order valence-electron chi connectivity index (χ0n) is 11.4. The van der Waals surface area contributed by atoms with Gasteiger partial charge in [0.1, 0.15) is 0 Å². The minimum atomic E-state index is 0. The fourth-order valence-electron chi connectivity index (χ4n) is 1.71. The second kappa shape index (κ2) is 20.5. The van der Waals surface area contributed by atoms with Gasteiger partial charge in [-0.1, -0.05) is 48.6 Å². The van der Waals surface area contributed by atoms with Crippen LogP contribution in [0.25, 0.3) is 0 Å². The van der Waals surface area contributed by atoms with Gasteiger partial charge >= 0.3 is 19.5 Å². The van der Waals surface area contributed by atoms with E-state index in [4.69, 9.17) is 0 Å². The van der Waals surface area contributed by atoms with Crippen LogP contribution in [0.5, 0.6) is 0 Å². The zero-order chi connectivity index (χ0) is 11.3. The molecule has 0 aromatic heterocycles. The van der Waals surface area contributed by atoms with Gasteiger partial charge in [-0.25, -0.2) is 0 Å². The van der Waals surface area contributed by atoms with Gasteiger partial charge in [0.05, 0.1) is 0 Å². The molecule has 0 bridgehead atoms. The van der Waals surface area contributed by atoms with Crippen molar-refractivity contribution in [1.82, 2.24) is 0 Å². The first-order valence-electron chi connectivity index (χ1n) is 6.60. The van der Waals surface area contributed by atoms with Gasteiger partial charge in [0.25, 0.3) is 0 Å². The van der Waals surface area contributed by atoms with Gasteiger partial charge < -0.3 is 24.8 Å². The van der Waals surface area contributed by atoms with E-state index in [0.717, 1.165) is 0 Å². The topological polar surface area (TPSA) is 0 Å². The van der Waals surface area contributed by atoms with Crippen LogP contribution in [0.2, 0.25) is 0 Å². The third-order valence-corrected chi connectivity index (χ3v) is 2.67. The zero-order valence-corrected chi connectivity index (χ0v) is 14.6. The predicted molar refractivity (Wildman–Crippen MR) is 73.5 cm³/mol. The number of rotatable bonds is 0. The van der Waals surface area contributed by atoms with Gasteiger partial charge in [-0.3, -0.25) is 0 Å². The summed E-state index contributed by atoms with van der Waals surface area (Å²) in [6.45, 7) is 0. The molecule has 0 fully saturated rings. The molecule has 2 aliphatic carbocycles. The summed E-state index contributed by atoms with van der Waals surface area (Å²) in [6, 6.07) is 0.